The summed E-state index contributed by atoms with van der Waals surface area (Å²) < 4.78 is 45.8. The smallest absolute Gasteiger partial charge is 0.251 e. The van der Waals surface area contributed by atoms with E-state index in [1.54, 1.807) is 20.8 Å². The van der Waals surface area contributed by atoms with Gasteiger partial charge < -0.3 is 15.4 Å². The Bertz CT molecular complexity index is 1090. The lowest BCUT2D eigenvalue weighted by Crippen LogP contribution is -2.47. The van der Waals surface area contributed by atoms with Gasteiger partial charge >= 0.3 is 0 Å². The first-order valence-corrected chi connectivity index (χ1v) is 12.0. The van der Waals surface area contributed by atoms with E-state index in [1.807, 2.05) is 0 Å². The number of sulfonamides is 1. The van der Waals surface area contributed by atoms with E-state index in [1.165, 1.54) is 48.5 Å². The van der Waals surface area contributed by atoms with E-state index in [0.717, 1.165) is 0 Å². The first-order valence-electron chi connectivity index (χ1n) is 10.5. The quantitative estimate of drug-likeness (QED) is 0.541. The molecule has 0 radical (unpaired) electrons. The van der Waals surface area contributed by atoms with Crippen molar-refractivity contribution in [2.75, 3.05) is 18.5 Å². The van der Waals surface area contributed by atoms with E-state index >= 15 is 0 Å². The number of hydrogen-bond donors (Lipinski definition) is 3. The Morgan fingerprint density at radius 1 is 1.06 bits per heavy atom. The summed E-state index contributed by atoms with van der Waals surface area (Å²) in [5.41, 5.74) is -0.00651. The average Bonchev–Trinajstić information content (AvgIpc) is 2.68. The number of rotatable bonds is 8. The molecule has 178 valence electrons. The molecule has 8 nitrogen and oxygen atoms in total. The number of carbonyl (C=O) groups excluding carboxylic acids is 2. The van der Waals surface area contributed by atoms with Gasteiger partial charge in [0.1, 0.15) is 11.9 Å². The van der Waals surface area contributed by atoms with Crippen molar-refractivity contribution in [1.82, 2.24) is 10.0 Å². The SMILES string of the molecule is CC(C)(C)NS(=O)(=O)c1ccc(NC(=O)[C@@H](CC2COC2)NC(=O)c2ccc(F)cc2)cc1. The molecule has 33 heavy (non-hydrogen) atoms. The minimum absolute atomic E-state index is 0.0724. The largest absolute Gasteiger partial charge is 0.381 e. The minimum atomic E-state index is -3.70. The van der Waals surface area contributed by atoms with E-state index in [4.69, 9.17) is 4.74 Å². The average molecular weight is 478 g/mol. The molecule has 1 atom stereocenters. The van der Waals surface area contributed by atoms with Crippen molar-refractivity contribution in [2.45, 2.75) is 43.7 Å². The molecule has 1 aliphatic rings. The van der Waals surface area contributed by atoms with E-state index in [2.05, 4.69) is 15.4 Å². The number of anilines is 1. The molecule has 2 aromatic carbocycles. The molecule has 1 aliphatic heterocycles. The molecule has 2 amide bonds. The number of benzene rings is 2. The molecule has 1 saturated heterocycles. The number of halogens is 1. The third-order valence-corrected chi connectivity index (χ3v) is 6.65. The zero-order valence-electron chi connectivity index (χ0n) is 18.7. The highest BCUT2D eigenvalue weighted by molar-refractivity contribution is 7.89. The van der Waals surface area contributed by atoms with Crippen LogP contribution in [0, 0.1) is 11.7 Å². The lowest BCUT2D eigenvalue weighted by molar-refractivity contribution is -0.119. The standard InChI is InChI=1S/C23H28FN3O5S/c1-23(2,3)27-33(30,31)19-10-8-18(9-11-19)25-22(29)20(12-15-13-32-14-15)26-21(28)16-4-6-17(24)7-5-16/h4-11,15,20,27H,12-14H2,1-3H3,(H,25,29)(H,26,28)/t20-/m1/s1. The van der Waals surface area contributed by atoms with Crippen LogP contribution in [0.5, 0.6) is 0 Å². The van der Waals surface area contributed by atoms with Gasteiger partial charge in [0, 0.05) is 22.7 Å². The lowest BCUT2D eigenvalue weighted by Gasteiger charge is -2.29. The molecule has 3 rings (SSSR count). The zero-order chi connectivity index (χ0) is 24.2. The molecule has 3 N–H and O–H groups in total. The Labute approximate surface area is 193 Å². The highest BCUT2D eigenvalue weighted by Gasteiger charge is 2.29. The molecule has 0 unspecified atom stereocenters. The summed E-state index contributed by atoms with van der Waals surface area (Å²) in [4.78, 5) is 25.6. The van der Waals surface area contributed by atoms with Crippen LogP contribution >= 0.6 is 0 Å². The number of nitrogens with one attached hydrogen (secondary N) is 3. The Hall–Kier alpha value is -2.82. The minimum Gasteiger partial charge on any atom is -0.381 e. The highest BCUT2D eigenvalue weighted by Crippen LogP contribution is 2.20. The van der Waals surface area contributed by atoms with Crippen molar-refractivity contribution < 1.29 is 27.1 Å². The molecular weight excluding hydrogens is 449 g/mol. The molecular formula is C23H28FN3O5S. The second-order valence-corrected chi connectivity index (χ2v) is 10.7. The first-order chi connectivity index (χ1) is 15.4. The summed E-state index contributed by atoms with van der Waals surface area (Å²) in [6.07, 6.45) is 0.376. The monoisotopic (exact) mass is 477 g/mol. The highest BCUT2D eigenvalue weighted by atomic mass is 32.2. The van der Waals surface area contributed by atoms with Crippen molar-refractivity contribution in [1.29, 1.82) is 0 Å². The summed E-state index contributed by atoms with van der Waals surface area (Å²) in [5, 5.41) is 5.42. The molecule has 1 fully saturated rings. The van der Waals surface area contributed by atoms with Gasteiger partial charge in [-0.1, -0.05) is 0 Å². The number of ether oxygens (including phenoxy) is 1. The maximum atomic E-state index is 13.1. The van der Waals surface area contributed by atoms with Gasteiger partial charge in [-0.25, -0.2) is 17.5 Å². The molecule has 10 heteroatoms. The van der Waals surface area contributed by atoms with E-state index < -0.39 is 39.2 Å². The van der Waals surface area contributed by atoms with Gasteiger partial charge in [-0.2, -0.15) is 0 Å². The molecule has 2 aromatic rings. The third kappa shape index (κ3) is 7.08. The number of amides is 2. The van der Waals surface area contributed by atoms with Gasteiger partial charge in [-0.3, -0.25) is 9.59 Å². The fourth-order valence-corrected chi connectivity index (χ4v) is 4.66. The topological polar surface area (TPSA) is 114 Å². The van der Waals surface area contributed by atoms with Crippen LogP contribution in [-0.2, 0) is 19.6 Å². The van der Waals surface area contributed by atoms with Gasteiger partial charge in [-0.05, 0) is 75.7 Å². The van der Waals surface area contributed by atoms with Crippen molar-refractivity contribution in [3.05, 3.63) is 59.9 Å². The predicted molar refractivity (Wildman–Crippen MR) is 122 cm³/mol. The summed E-state index contributed by atoms with van der Waals surface area (Å²) in [7, 11) is -3.70. The fraction of sp³-hybridized carbons (Fsp3) is 0.391. The number of hydrogen-bond acceptors (Lipinski definition) is 5. The van der Waals surface area contributed by atoms with Crippen molar-refractivity contribution in [3.63, 3.8) is 0 Å². The molecule has 1 heterocycles. The van der Waals surface area contributed by atoms with Crippen molar-refractivity contribution >= 4 is 27.5 Å². The van der Waals surface area contributed by atoms with Crippen molar-refractivity contribution in [2.24, 2.45) is 5.92 Å². The fourth-order valence-electron chi connectivity index (χ4n) is 3.24. The van der Waals surface area contributed by atoms with Gasteiger partial charge in [0.25, 0.3) is 5.91 Å². The van der Waals surface area contributed by atoms with Gasteiger partial charge in [0.2, 0.25) is 15.9 Å². The number of carbonyl (C=O) groups is 2. The lowest BCUT2D eigenvalue weighted by atomic mass is 9.97. The van der Waals surface area contributed by atoms with Crippen LogP contribution in [0.15, 0.2) is 53.4 Å². The zero-order valence-corrected chi connectivity index (χ0v) is 19.5. The van der Waals surface area contributed by atoms with Gasteiger partial charge in [0.15, 0.2) is 0 Å². The Kier molecular flexibility index (Phi) is 7.51. The van der Waals surface area contributed by atoms with E-state index in [-0.39, 0.29) is 16.4 Å². The first kappa shape index (κ1) is 24.8. The molecule has 0 spiro atoms. The van der Waals surface area contributed by atoms with E-state index in [0.29, 0.717) is 25.3 Å². The van der Waals surface area contributed by atoms with Crippen LogP contribution in [0.1, 0.15) is 37.6 Å². The van der Waals surface area contributed by atoms with Crippen LogP contribution in [0.2, 0.25) is 0 Å². The Morgan fingerprint density at radius 2 is 1.67 bits per heavy atom. The van der Waals surface area contributed by atoms with Crippen LogP contribution in [0.25, 0.3) is 0 Å². The van der Waals surface area contributed by atoms with Crippen LogP contribution in [0.4, 0.5) is 10.1 Å². The van der Waals surface area contributed by atoms with Gasteiger partial charge in [0.05, 0.1) is 18.1 Å². The van der Waals surface area contributed by atoms with Crippen molar-refractivity contribution in [3.8, 4) is 0 Å². The van der Waals surface area contributed by atoms with Crippen LogP contribution < -0.4 is 15.4 Å². The molecule has 0 aliphatic carbocycles. The maximum absolute atomic E-state index is 13.1. The van der Waals surface area contributed by atoms with Crippen LogP contribution in [0.3, 0.4) is 0 Å². The normalized spacial score (nSPS) is 15.4. The van der Waals surface area contributed by atoms with Gasteiger partial charge in [-0.15, -0.1) is 0 Å². The third-order valence-electron chi connectivity index (χ3n) is 4.88. The summed E-state index contributed by atoms with van der Waals surface area (Å²) in [5.74, 6) is -1.27. The summed E-state index contributed by atoms with van der Waals surface area (Å²) >= 11 is 0. The molecule has 0 bridgehead atoms. The predicted octanol–water partition coefficient (Wildman–Crippen LogP) is 2.68. The Morgan fingerprint density at radius 3 is 2.18 bits per heavy atom. The second kappa shape index (κ2) is 9.98. The molecule has 0 saturated carbocycles. The maximum Gasteiger partial charge on any atom is 0.251 e. The second-order valence-electron chi connectivity index (χ2n) is 9.04. The summed E-state index contributed by atoms with van der Waals surface area (Å²) in [6.45, 7) is 6.24. The summed E-state index contributed by atoms with van der Waals surface area (Å²) in [6, 6.07) is 9.96. The van der Waals surface area contributed by atoms with Crippen LogP contribution in [-0.4, -0.2) is 45.0 Å². The van der Waals surface area contributed by atoms with E-state index in [9.17, 15) is 22.4 Å². The molecule has 0 aromatic heterocycles. The Balaban J connectivity index is 1.69.